The molecule has 2 heterocycles. The minimum Gasteiger partial charge on any atom is -0.357 e. The Morgan fingerprint density at radius 3 is 2.71 bits per heavy atom. The summed E-state index contributed by atoms with van der Waals surface area (Å²) in [6.45, 7) is 8.61. The fraction of sp³-hybridized carbons (Fsp3) is 0.500. The minimum atomic E-state index is 0.0553. The Balaban J connectivity index is 1.62. The number of nitrogens with one attached hydrogen (secondary N) is 3. The van der Waals surface area contributed by atoms with Gasteiger partial charge in [0.05, 0.1) is 12.6 Å². The molecule has 6 nitrogen and oxygen atoms in total. The highest BCUT2D eigenvalue weighted by Gasteiger charge is 2.24. The van der Waals surface area contributed by atoms with Crippen molar-refractivity contribution < 1.29 is 4.79 Å². The van der Waals surface area contributed by atoms with Crippen molar-refractivity contribution in [3.8, 4) is 0 Å². The lowest BCUT2D eigenvalue weighted by molar-refractivity contribution is -0.116. The lowest BCUT2D eigenvalue weighted by Gasteiger charge is -2.27. The number of carbonyl (C=O) groups is 1. The molecule has 1 amide bonds. The van der Waals surface area contributed by atoms with Gasteiger partial charge in [0.25, 0.3) is 0 Å². The lowest BCUT2D eigenvalue weighted by Crippen LogP contribution is -2.42. The van der Waals surface area contributed by atoms with Crippen molar-refractivity contribution in [2.45, 2.75) is 52.1 Å². The van der Waals surface area contributed by atoms with Crippen molar-refractivity contribution >= 4 is 28.9 Å². The number of hydrogen-bond acceptors (Lipinski definition) is 4. The van der Waals surface area contributed by atoms with Crippen molar-refractivity contribution in [2.24, 2.45) is 4.99 Å². The van der Waals surface area contributed by atoms with Crippen LogP contribution >= 0.6 is 11.3 Å². The quantitative estimate of drug-likeness (QED) is 0.378. The van der Waals surface area contributed by atoms with Crippen LogP contribution in [0.5, 0.6) is 0 Å². The maximum Gasteiger partial charge on any atom is 0.224 e. The molecule has 31 heavy (non-hydrogen) atoms. The molecule has 0 aliphatic carbocycles. The summed E-state index contributed by atoms with van der Waals surface area (Å²) in [6.07, 6.45) is 3.94. The van der Waals surface area contributed by atoms with Gasteiger partial charge in [-0.3, -0.25) is 9.69 Å². The number of amides is 1. The van der Waals surface area contributed by atoms with Gasteiger partial charge < -0.3 is 16.0 Å². The summed E-state index contributed by atoms with van der Waals surface area (Å²) in [5.74, 6) is 0.878. The summed E-state index contributed by atoms with van der Waals surface area (Å²) in [4.78, 5) is 20.6. The van der Waals surface area contributed by atoms with Crippen LogP contribution < -0.4 is 16.0 Å². The average molecular weight is 442 g/mol. The van der Waals surface area contributed by atoms with Gasteiger partial charge in [0.2, 0.25) is 5.91 Å². The van der Waals surface area contributed by atoms with Crippen LogP contribution in [0.3, 0.4) is 0 Å². The lowest BCUT2D eigenvalue weighted by atomic mass is 10.2. The van der Waals surface area contributed by atoms with Crippen molar-refractivity contribution in [2.75, 3.05) is 31.5 Å². The van der Waals surface area contributed by atoms with Crippen LogP contribution in [0.25, 0.3) is 0 Å². The van der Waals surface area contributed by atoms with Gasteiger partial charge in [-0.2, -0.15) is 0 Å². The van der Waals surface area contributed by atoms with Crippen molar-refractivity contribution in [3.63, 3.8) is 0 Å². The molecule has 1 aromatic carbocycles. The largest absolute Gasteiger partial charge is 0.357 e. The highest BCUT2D eigenvalue weighted by atomic mass is 32.1. The Morgan fingerprint density at radius 1 is 1.16 bits per heavy atom. The van der Waals surface area contributed by atoms with Gasteiger partial charge >= 0.3 is 0 Å². The Hall–Kier alpha value is -2.38. The molecule has 3 N–H and O–H groups in total. The molecule has 1 saturated heterocycles. The monoisotopic (exact) mass is 441 g/mol. The standard InChI is InChI=1S/C24H35N5OS/c1-3-9-23(30)28-20-11-7-10-19(16-20)17-26-24(25-4-2)27-18-21(22-12-8-15-31-22)29-13-5-6-14-29/h7-8,10-12,15-16,21H,3-6,9,13-14,17-18H2,1-2H3,(H,28,30)(H2,25,26,27). The number of guanidine groups is 1. The summed E-state index contributed by atoms with van der Waals surface area (Å²) < 4.78 is 0. The van der Waals surface area contributed by atoms with Gasteiger partial charge in [0.1, 0.15) is 0 Å². The number of carbonyl (C=O) groups excluding carboxylic acids is 1. The summed E-state index contributed by atoms with van der Waals surface area (Å²) in [7, 11) is 0. The Bertz CT molecular complexity index is 830. The van der Waals surface area contributed by atoms with Crippen LogP contribution in [-0.4, -0.2) is 42.9 Å². The van der Waals surface area contributed by atoms with Crippen LogP contribution in [0.15, 0.2) is 46.8 Å². The van der Waals surface area contributed by atoms with Crippen molar-refractivity contribution in [1.82, 2.24) is 15.5 Å². The topological polar surface area (TPSA) is 68.8 Å². The molecule has 0 saturated carbocycles. The number of rotatable bonds is 10. The van der Waals surface area contributed by atoms with Gasteiger partial charge in [-0.25, -0.2) is 4.99 Å². The van der Waals surface area contributed by atoms with Crippen LogP contribution in [0.2, 0.25) is 0 Å². The molecule has 0 bridgehead atoms. The van der Waals surface area contributed by atoms with Crippen LogP contribution in [0.1, 0.15) is 56.0 Å². The number of nitrogens with zero attached hydrogens (tertiary/aromatic N) is 2. The molecule has 7 heteroatoms. The van der Waals surface area contributed by atoms with E-state index in [2.05, 4.69) is 45.3 Å². The molecule has 1 aliphatic rings. The molecule has 1 aromatic heterocycles. The van der Waals surface area contributed by atoms with E-state index in [0.29, 0.717) is 19.0 Å². The molecule has 1 aliphatic heterocycles. The number of likely N-dealkylation sites (tertiary alicyclic amines) is 1. The highest BCUT2D eigenvalue weighted by Crippen LogP contribution is 2.27. The van der Waals surface area contributed by atoms with Crippen molar-refractivity contribution in [3.05, 3.63) is 52.2 Å². The second kappa shape index (κ2) is 12.5. The van der Waals surface area contributed by atoms with Crippen LogP contribution in [-0.2, 0) is 11.3 Å². The van der Waals surface area contributed by atoms with E-state index in [9.17, 15) is 4.79 Å². The molecule has 0 spiro atoms. The van der Waals surface area contributed by atoms with E-state index in [4.69, 9.17) is 4.99 Å². The first-order valence-corrected chi connectivity index (χ1v) is 12.3. The predicted molar refractivity (Wildman–Crippen MR) is 131 cm³/mol. The molecule has 168 valence electrons. The van der Waals surface area contributed by atoms with E-state index in [1.54, 1.807) is 0 Å². The third-order valence-corrected chi connectivity index (χ3v) is 6.34. The maximum absolute atomic E-state index is 11.9. The summed E-state index contributed by atoms with van der Waals surface area (Å²) in [5.41, 5.74) is 1.90. The van der Waals surface area contributed by atoms with E-state index in [-0.39, 0.29) is 5.91 Å². The van der Waals surface area contributed by atoms with E-state index in [1.165, 1.54) is 17.7 Å². The van der Waals surface area contributed by atoms with Gasteiger partial charge in [-0.15, -0.1) is 11.3 Å². The Morgan fingerprint density at radius 2 is 2.00 bits per heavy atom. The van der Waals surface area contributed by atoms with E-state index in [1.807, 2.05) is 42.5 Å². The summed E-state index contributed by atoms with van der Waals surface area (Å²) >= 11 is 1.83. The van der Waals surface area contributed by atoms with Gasteiger partial charge in [0.15, 0.2) is 5.96 Å². The first kappa shape index (κ1) is 23.3. The van der Waals surface area contributed by atoms with Gasteiger partial charge in [0, 0.05) is 30.1 Å². The Labute approximate surface area is 190 Å². The zero-order valence-corrected chi connectivity index (χ0v) is 19.5. The maximum atomic E-state index is 11.9. The minimum absolute atomic E-state index is 0.0553. The molecule has 2 aromatic rings. The molecule has 1 unspecified atom stereocenters. The van der Waals surface area contributed by atoms with Crippen LogP contribution in [0.4, 0.5) is 5.69 Å². The zero-order valence-electron chi connectivity index (χ0n) is 18.7. The number of anilines is 1. The molecular formula is C24H35N5OS. The smallest absolute Gasteiger partial charge is 0.224 e. The number of aliphatic imine (C=N–C) groups is 1. The second-order valence-electron chi connectivity index (χ2n) is 7.85. The molecule has 1 atom stereocenters. The summed E-state index contributed by atoms with van der Waals surface area (Å²) in [6, 6.07) is 12.7. The SMILES string of the molecule is CCCC(=O)Nc1cccc(CN=C(NCC)NCC(c2cccs2)N2CCCC2)c1. The molecule has 3 rings (SSSR count). The van der Waals surface area contributed by atoms with Crippen molar-refractivity contribution in [1.29, 1.82) is 0 Å². The van der Waals surface area contributed by atoms with E-state index >= 15 is 0 Å². The third kappa shape index (κ3) is 7.36. The zero-order chi connectivity index (χ0) is 21.9. The number of benzene rings is 1. The average Bonchev–Trinajstić information content (AvgIpc) is 3.47. The summed E-state index contributed by atoms with van der Waals surface area (Å²) in [5, 5.41) is 12.0. The van der Waals surface area contributed by atoms with Crippen LogP contribution in [0, 0.1) is 0 Å². The van der Waals surface area contributed by atoms with E-state index < -0.39 is 0 Å². The molecule has 0 radical (unpaired) electrons. The number of hydrogen-bond donors (Lipinski definition) is 3. The normalized spacial score (nSPS) is 15.6. The van der Waals surface area contributed by atoms with Gasteiger partial charge in [-0.1, -0.05) is 25.1 Å². The highest BCUT2D eigenvalue weighted by molar-refractivity contribution is 7.10. The number of thiophene rings is 1. The molecule has 1 fully saturated rings. The fourth-order valence-electron chi connectivity index (χ4n) is 3.85. The third-order valence-electron chi connectivity index (χ3n) is 5.37. The first-order chi connectivity index (χ1) is 15.2. The fourth-order valence-corrected chi connectivity index (χ4v) is 4.71. The second-order valence-corrected chi connectivity index (χ2v) is 8.83. The first-order valence-electron chi connectivity index (χ1n) is 11.4. The van der Waals surface area contributed by atoms with E-state index in [0.717, 1.165) is 49.8 Å². The Kier molecular flexibility index (Phi) is 9.37. The van der Waals surface area contributed by atoms with Gasteiger partial charge in [-0.05, 0) is 68.4 Å². The molecular weight excluding hydrogens is 406 g/mol. The predicted octanol–water partition coefficient (Wildman–Crippen LogP) is 4.38.